The average Bonchev–Trinajstić information content (AvgIpc) is 2.45. The fourth-order valence-electron chi connectivity index (χ4n) is 2.25. The maximum Gasteiger partial charge on any atom is 0.416 e. The molecule has 0 aromatic heterocycles. The maximum atomic E-state index is 12.7. The smallest absolute Gasteiger partial charge is 0.320 e. The first-order chi connectivity index (χ1) is 9.43. The summed E-state index contributed by atoms with van der Waals surface area (Å²) >= 11 is 0. The number of nitrogens with two attached hydrogens (primary N) is 1. The largest absolute Gasteiger partial charge is 0.416 e. The second-order valence-electron chi connectivity index (χ2n) is 4.65. The van der Waals surface area contributed by atoms with Crippen molar-refractivity contribution in [2.75, 3.05) is 0 Å². The van der Waals surface area contributed by atoms with Crippen LogP contribution in [0.25, 0.3) is 0 Å². The molecule has 0 bridgehead atoms. The summed E-state index contributed by atoms with van der Waals surface area (Å²) in [6.45, 7) is 2.00. The van der Waals surface area contributed by atoms with Crippen molar-refractivity contribution in [3.63, 3.8) is 0 Å². The molecule has 0 heterocycles. The van der Waals surface area contributed by atoms with Gasteiger partial charge in [0.2, 0.25) is 0 Å². The van der Waals surface area contributed by atoms with Gasteiger partial charge >= 0.3 is 6.18 Å². The van der Waals surface area contributed by atoms with Gasteiger partial charge in [0, 0.05) is 0 Å². The Kier molecular flexibility index (Phi) is 4.14. The molecule has 0 aliphatic heterocycles. The number of hydrogen-bond donors (Lipinski definition) is 1. The van der Waals surface area contributed by atoms with Crippen molar-refractivity contribution >= 4 is 0 Å². The SMILES string of the molecule is CCc1ccccc1C(N)c1cccc(C(F)(F)F)c1. The highest BCUT2D eigenvalue weighted by atomic mass is 19.4. The zero-order chi connectivity index (χ0) is 14.8. The van der Waals surface area contributed by atoms with Crippen molar-refractivity contribution in [3.8, 4) is 0 Å². The predicted molar refractivity (Wildman–Crippen MR) is 73.3 cm³/mol. The topological polar surface area (TPSA) is 26.0 Å². The summed E-state index contributed by atoms with van der Waals surface area (Å²) in [5.74, 6) is 0. The zero-order valence-electron chi connectivity index (χ0n) is 11.1. The van der Waals surface area contributed by atoms with Crippen molar-refractivity contribution in [1.82, 2.24) is 0 Å². The standard InChI is InChI=1S/C16H16F3N/c1-2-11-6-3-4-9-14(11)15(20)12-7-5-8-13(10-12)16(17,18)19/h3-10,15H,2,20H2,1H3. The molecule has 2 rings (SSSR count). The van der Waals surface area contributed by atoms with E-state index in [1.165, 1.54) is 6.07 Å². The van der Waals surface area contributed by atoms with Crippen LogP contribution < -0.4 is 5.73 Å². The third-order valence-corrected chi connectivity index (χ3v) is 3.34. The van der Waals surface area contributed by atoms with Gasteiger partial charge in [0.25, 0.3) is 0 Å². The zero-order valence-corrected chi connectivity index (χ0v) is 11.1. The second-order valence-corrected chi connectivity index (χ2v) is 4.65. The summed E-state index contributed by atoms with van der Waals surface area (Å²) in [5, 5.41) is 0. The summed E-state index contributed by atoms with van der Waals surface area (Å²) in [7, 11) is 0. The first kappa shape index (κ1) is 14.6. The molecule has 4 heteroatoms. The first-order valence-electron chi connectivity index (χ1n) is 6.44. The van der Waals surface area contributed by atoms with Gasteiger partial charge in [-0.25, -0.2) is 0 Å². The molecule has 0 saturated heterocycles. The maximum absolute atomic E-state index is 12.7. The van der Waals surface area contributed by atoms with Gasteiger partial charge in [-0.15, -0.1) is 0 Å². The molecule has 0 radical (unpaired) electrons. The van der Waals surface area contributed by atoms with Gasteiger partial charge in [-0.2, -0.15) is 13.2 Å². The molecule has 1 nitrogen and oxygen atoms in total. The fraction of sp³-hybridized carbons (Fsp3) is 0.250. The third-order valence-electron chi connectivity index (χ3n) is 3.34. The molecular weight excluding hydrogens is 263 g/mol. The van der Waals surface area contributed by atoms with E-state index in [0.717, 1.165) is 29.7 Å². The van der Waals surface area contributed by atoms with E-state index >= 15 is 0 Å². The molecule has 0 aliphatic rings. The van der Waals surface area contributed by atoms with Gasteiger partial charge in [0.15, 0.2) is 0 Å². The van der Waals surface area contributed by atoms with Crippen molar-refractivity contribution in [1.29, 1.82) is 0 Å². The number of rotatable bonds is 3. The molecule has 2 aromatic rings. The van der Waals surface area contributed by atoms with E-state index in [1.54, 1.807) is 6.07 Å². The average molecular weight is 279 g/mol. The van der Waals surface area contributed by atoms with Crippen LogP contribution in [0.4, 0.5) is 13.2 Å². The number of aryl methyl sites for hydroxylation is 1. The number of alkyl halides is 3. The fourth-order valence-corrected chi connectivity index (χ4v) is 2.25. The lowest BCUT2D eigenvalue weighted by molar-refractivity contribution is -0.137. The Balaban J connectivity index is 2.41. The Hall–Kier alpha value is -1.81. The van der Waals surface area contributed by atoms with Gasteiger partial charge in [-0.1, -0.05) is 43.3 Å². The Morgan fingerprint density at radius 3 is 2.40 bits per heavy atom. The van der Waals surface area contributed by atoms with Gasteiger partial charge in [-0.05, 0) is 35.2 Å². The van der Waals surface area contributed by atoms with Crippen LogP contribution in [0.15, 0.2) is 48.5 Å². The van der Waals surface area contributed by atoms with E-state index in [1.807, 2.05) is 31.2 Å². The minimum Gasteiger partial charge on any atom is -0.320 e. The van der Waals surface area contributed by atoms with Crippen LogP contribution in [0.5, 0.6) is 0 Å². The highest BCUT2D eigenvalue weighted by Gasteiger charge is 2.30. The lowest BCUT2D eigenvalue weighted by atomic mass is 9.93. The lowest BCUT2D eigenvalue weighted by Gasteiger charge is -2.17. The van der Waals surface area contributed by atoms with E-state index in [0.29, 0.717) is 5.56 Å². The van der Waals surface area contributed by atoms with Crippen LogP contribution in [0, 0.1) is 0 Å². The van der Waals surface area contributed by atoms with Gasteiger partial charge in [0.1, 0.15) is 0 Å². The van der Waals surface area contributed by atoms with Gasteiger partial charge in [0.05, 0.1) is 11.6 Å². The Bertz CT molecular complexity index is 590. The number of hydrogen-bond acceptors (Lipinski definition) is 1. The minimum atomic E-state index is -4.35. The summed E-state index contributed by atoms with van der Waals surface area (Å²) in [6, 6.07) is 12.2. The van der Waals surface area contributed by atoms with Crippen molar-refractivity contribution in [2.45, 2.75) is 25.6 Å². The van der Waals surface area contributed by atoms with Crippen LogP contribution in [-0.4, -0.2) is 0 Å². The summed E-state index contributed by atoms with van der Waals surface area (Å²) in [5.41, 5.74) is 7.87. The van der Waals surface area contributed by atoms with Crippen molar-refractivity contribution in [3.05, 3.63) is 70.8 Å². The molecule has 1 unspecified atom stereocenters. The molecule has 0 fully saturated rings. The molecule has 20 heavy (non-hydrogen) atoms. The monoisotopic (exact) mass is 279 g/mol. The minimum absolute atomic E-state index is 0.473. The molecule has 0 amide bonds. The summed E-state index contributed by atoms with van der Waals surface area (Å²) in [6.07, 6.45) is -3.55. The Labute approximate surface area is 116 Å². The van der Waals surface area contributed by atoms with E-state index in [2.05, 4.69) is 0 Å². The third kappa shape index (κ3) is 3.02. The highest BCUT2D eigenvalue weighted by Crippen LogP contribution is 2.32. The van der Waals surface area contributed by atoms with Crippen LogP contribution in [0.1, 0.15) is 35.2 Å². The molecular formula is C16H16F3N. The quantitative estimate of drug-likeness (QED) is 0.889. The number of benzene rings is 2. The highest BCUT2D eigenvalue weighted by molar-refractivity contribution is 5.38. The van der Waals surface area contributed by atoms with Crippen molar-refractivity contribution in [2.24, 2.45) is 5.73 Å². The lowest BCUT2D eigenvalue weighted by Crippen LogP contribution is -2.15. The van der Waals surface area contributed by atoms with E-state index in [-0.39, 0.29) is 0 Å². The second kappa shape index (κ2) is 5.67. The van der Waals surface area contributed by atoms with Gasteiger partial charge < -0.3 is 5.73 Å². The Morgan fingerprint density at radius 2 is 1.75 bits per heavy atom. The Morgan fingerprint density at radius 1 is 1.05 bits per heavy atom. The van der Waals surface area contributed by atoms with Crippen LogP contribution in [0.3, 0.4) is 0 Å². The van der Waals surface area contributed by atoms with Crippen LogP contribution in [-0.2, 0) is 12.6 Å². The molecule has 0 aliphatic carbocycles. The van der Waals surface area contributed by atoms with Gasteiger partial charge in [-0.3, -0.25) is 0 Å². The van der Waals surface area contributed by atoms with E-state index < -0.39 is 17.8 Å². The first-order valence-corrected chi connectivity index (χ1v) is 6.44. The molecule has 0 spiro atoms. The van der Waals surface area contributed by atoms with Crippen LogP contribution in [0.2, 0.25) is 0 Å². The predicted octanol–water partition coefficient (Wildman–Crippen LogP) is 4.32. The summed E-state index contributed by atoms with van der Waals surface area (Å²) in [4.78, 5) is 0. The van der Waals surface area contributed by atoms with Crippen LogP contribution >= 0.6 is 0 Å². The molecule has 2 N–H and O–H groups in total. The number of halogens is 3. The molecule has 1 atom stereocenters. The van der Waals surface area contributed by atoms with E-state index in [9.17, 15) is 13.2 Å². The van der Waals surface area contributed by atoms with E-state index in [4.69, 9.17) is 5.73 Å². The normalized spacial score (nSPS) is 13.2. The summed E-state index contributed by atoms with van der Waals surface area (Å²) < 4.78 is 38.2. The molecule has 106 valence electrons. The molecule has 0 saturated carbocycles. The molecule has 2 aromatic carbocycles. The van der Waals surface area contributed by atoms with Crippen molar-refractivity contribution < 1.29 is 13.2 Å².